The van der Waals surface area contributed by atoms with Gasteiger partial charge in [0.15, 0.2) is 0 Å². The van der Waals surface area contributed by atoms with E-state index in [4.69, 9.17) is 14.6 Å². The highest BCUT2D eigenvalue weighted by Crippen LogP contribution is 2.53. The van der Waals surface area contributed by atoms with Crippen LogP contribution in [0.3, 0.4) is 0 Å². The number of aryl methyl sites for hydroxylation is 1. The first-order chi connectivity index (χ1) is 22.8. The monoisotopic (exact) mass is 644 g/mol. The topological polar surface area (TPSA) is 112 Å². The molecule has 2 aliphatic rings. The Balaban J connectivity index is 1.17. The second-order valence-electron chi connectivity index (χ2n) is 13.4. The van der Waals surface area contributed by atoms with Crippen molar-refractivity contribution in [1.29, 1.82) is 0 Å². The summed E-state index contributed by atoms with van der Waals surface area (Å²) in [6, 6.07) is 17.0. The summed E-state index contributed by atoms with van der Waals surface area (Å²) in [5.74, 6) is 1.27. The maximum Gasteiger partial charge on any atom is 0.222 e. The van der Waals surface area contributed by atoms with Gasteiger partial charge in [0.25, 0.3) is 0 Å². The predicted octanol–water partition coefficient (Wildman–Crippen LogP) is 6.42. The van der Waals surface area contributed by atoms with Crippen molar-refractivity contribution in [2.24, 2.45) is 0 Å². The molecule has 47 heavy (non-hydrogen) atoms. The van der Waals surface area contributed by atoms with Crippen molar-refractivity contribution in [1.82, 2.24) is 9.88 Å². The van der Waals surface area contributed by atoms with E-state index in [1.54, 1.807) is 4.90 Å². The number of ether oxygens (including phenoxy) is 2. The molecule has 0 radical (unpaired) electrons. The molecule has 0 spiro atoms. The van der Waals surface area contributed by atoms with Crippen molar-refractivity contribution in [2.75, 3.05) is 26.3 Å². The number of rotatable bonds is 20. The van der Waals surface area contributed by atoms with Crippen molar-refractivity contribution in [2.45, 2.75) is 108 Å². The van der Waals surface area contributed by atoms with Crippen LogP contribution >= 0.6 is 0 Å². The second-order valence-corrected chi connectivity index (χ2v) is 13.4. The third-order valence-electron chi connectivity index (χ3n) is 9.63. The smallest absolute Gasteiger partial charge is 0.222 e. The SMILES string of the molecule is Cc1ccc(C(C)CCCC(=O)N(CCO)CCCCC(O)CO)cc1COC1(c2cnccc2-c2ccccc2OC2CC2)CC1. The first-order valence-corrected chi connectivity index (χ1v) is 17.4. The predicted molar refractivity (Wildman–Crippen MR) is 183 cm³/mol. The van der Waals surface area contributed by atoms with Gasteiger partial charge in [-0.2, -0.15) is 0 Å². The van der Waals surface area contributed by atoms with Crippen LogP contribution in [-0.4, -0.2) is 69.6 Å². The third kappa shape index (κ3) is 9.63. The van der Waals surface area contributed by atoms with Crippen LogP contribution < -0.4 is 4.74 Å². The number of benzene rings is 2. The molecule has 1 amide bonds. The standard InChI is InChI=1S/C39H52N2O6/c1-28(8-7-12-38(45)41(22-23-42)21-6-5-9-32(44)26-43)30-14-13-29(2)31(24-30)27-46-39(18-19-39)36-25-40-20-17-34(36)35-10-3-4-11-37(35)47-33-15-16-33/h3-4,10-11,13-14,17,20,24-25,28,32-33,42-44H,5-9,12,15-16,18-19,21-23,26-27H2,1-2H3. The first kappa shape index (κ1) is 35.0. The average molecular weight is 645 g/mol. The molecule has 8 nitrogen and oxygen atoms in total. The van der Waals surface area contributed by atoms with Gasteiger partial charge < -0.3 is 29.7 Å². The van der Waals surface area contributed by atoms with E-state index < -0.39 is 6.10 Å². The van der Waals surface area contributed by atoms with E-state index in [1.165, 1.54) is 16.7 Å². The van der Waals surface area contributed by atoms with Gasteiger partial charge >= 0.3 is 0 Å². The van der Waals surface area contributed by atoms with Crippen LogP contribution in [0.5, 0.6) is 5.75 Å². The number of unbranched alkanes of at least 4 members (excludes halogenated alkanes) is 1. The van der Waals surface area contributed by atoms with E-state index in [-0.39, 0.29) is 30.6 Å². The Morgan fingerprint density at radius 1 is 1.02 bits per heavy atom. The van der Waals surface area contributed by atoms with Crippen LogP contribution in [0, 0.1) is 6.92 Å². The Bertz CT molecular complexity index is 1450. The van der Waals surface area contributed by atoms with E-state index in [0.29, 0.717) is 38.6 Å². The van der Waals surface area contributed by atoms with Crippen molar-refractivity contribution in [3.05, 3.63) is 83.2 Å². The fraction of sp³-hybridized carbons (Fsp3) is 0.538. The highest BCUT2D eigenvalue weighted by molar-refractivity contribution is 5.76. The summed E-state index contributed by atoms with van der Waals surface area (Å²) in [6.07, 6.45) is 11.6. The highest BCUT2D eigenvalue weighted by Gasteiger charge is 2.47. The zero-order valence-electron chi connectivity index (χ0n) is 28.1. The molecule has 5 rings (SSSR count). The number of aromatic nitrogens is 1. The van der Waals surface area contributed by atoms with Gasteiger partial charge in [0, 0.05) is 43.0 Å². The fourth-order valence-electron chi connectivity index (χ4n) is 6.26. The van der Waals surface area contributed by atoms with Gasteiger partial charge in [-0.3, -0.25) is 9.78 Å². The summed E-state index contributed by atoms with van der Waals surface area (Å²) >= 11 is 0. The van der Waals surface area contributed by atoms with E-state index in [1.807, 2.05) is 18.5 Å². The van der Waals surface area contributed by atoms with Crippen molar-refractivity contribution < 1.29 is 29.6 Å². The molecular formula is C39H52N2O6. The largest absolute Gasteiger partial charge is 0.490 e. The molecule has 2 fully saturated rings. The van der Waals surface area contributed by atoms with Crippen molar-refractivity contribution >= 4 is 5.91 Å². The molecule has 1 aromatic heterocycles. The summed E-state index contributed by atoms with van der Waals surface area (Å²) in [5, 5.41) is 28.0. The van der Waals surface area contributed by atoms with Crippen LogP contribution in [-0.2, 0) is 21.7 Å². The lowest BCUT2D eigenvalue weighted by Gasteiger charge is -2.23. The lowest BCUT2D eigenvalue weighted by Crippen LogP contribution is -2.34. The van der Waals surface area contributed by atoms with Gasteiger partial charge in [-0.1, -0.05) is 43.3 Å². The number of hydrogen-bond acceptors (Lipinski definition) is 7. The fourth-order valence-corrected chi connectivity index (χ4v) is 6.26. The van der Waals surface area contributed by atoms with E-state index in [2.05, 4.69) is 61.3 Å². The van der Waals surface area contributed by atoms with Gasteiger partial charge in [0.1, 0.15) is 5.75 Å². The van der Waals surface area contributed by atoms with Crippen LogP contribution in [0.1, 0.15) is 99.3 Å². The minimum absolute atomic E-state index is 0.0539. The van der Waals surface area contributed by atoms with Crippen LogP contribution in [0.25, 0.3) is 11.1 Å². The van der Waals surface area contributed by atoms with Crippen LogP contribution in [0.4, 0.5) is 0 Å². The summed E-state index contributed by atoms with van der Waals surface area (Å²) in [6.45, 7) is 5.42. The van der Waals surface area contributed by atoms with Gasteiger partial charge in [0.2, 0.25) is 5.91 Å². The van der Waals surface area contributed by atoms with Crippen LogP contribution in [0.2, 0.25) is 0 Å². The molecule has 2 atom stereocenters. The molecular weight excluding hydrogens is 592 g/mol. The van der Waals surface area contributed by atoms with E-state index >= 15 is 0 Å². The zero-order chi connectivity index (χ0) is 33.2. The minimum atomic E-state index is -0.712. The van der Waals surface area contributed by atoms with Gasteiger partial charge in [-0.15, -0.1) is 0 Å². The van der Waals surface area contributed by atoms with Crippen molar-refractivity contribution in [3.8, 4) is 16.9 Å². The Morgan fingerprint density at radius 3 is 2.57 bits per heavy atom. The number of hydrogen-bond donors (Lipinski definition) is 3. The normalized spacial score (nSPS) is 16.4. The molecule has 2 aromatic carbocycles. The molecule has 0 saturated heterocycles. The van der Waals surface area contributed by atoms with E-state index in [0.717, 1.165) is 73.8 Å². The maximum atomic E-state index is 12.9. The van der Waals surface area contributed by atoms with Gasteiger partial charge in [0.05, 0.1) is 37.6 Å². The molecule has 2 saturated carbocycles. The summed E-state index contributed by atoms with van der Waals surface area (Å²) in [5.41, 5.74) is 6.61. The number of aliphatic hydroxyl groups excluding tert-OH is 3. The molecule has 8 heteroatoms. The lowest BCUT2D eigenvalue weighted by molar-refractivity contribution is -0.132. The molecule has 254 valence electrons. The Labute approximate surface area is 279 Å². The highest BCUT2D eigenvalue weighted by atomic mass is 16.5. The number of carbonyl (C=O) groups is 1. The van der Waals surface area contributed by atoms with Crippen molar-refractivity contribution in [3.63, 3.8) is 0 Å². The number of nitrogens with zero attached hydrogens (tertiary/aromatic N) is 2. The zero-order valence-corrected chi connectivity index (χ0v) is 28.1. The maximum absolute atomic E-state index is 12.9. The Kier molecular flexibility index (Phi) is 12.4. The number of pyridine rings is 1. The number of carbonyl (C=O) groups excluding carboxylic acids is 1. The third-order valence-corrected chi connectivity index (χ3v) is 9.63. The average Bonchev–Trinajstić information content (AvgIpc) is 4.03. The summed E-state index contributed by atoms with van der Waals surface area (Å²) < 4.78 is 13.0. The first-order valence-electron chi connectivity index (χ1n) is 17.4. The molecule has 3 N–H and O–H groups in total. The van der Waals surface area contributed by atoms with Gasteiger partial charge in [-0.05, 0) is 105 Å². The van der Waals surface area contributed by atoms with Crippen LogP contribution in [0.15, 0.2) is 60.9 Å². The molecule has 0 aliphatic heterocycles. The summed E-state index contributed by atoms with van der Waals surface area (Å²) in [7, 11) is 0. The number of aliphatic hydroxyl groups is 3. The number of amides is 1. The Morgan fingerprint density at radius 2 is 1.83 bits per heavy atom. The summed E-state index contributed by atoms with van der Waals surface area (Å²) in [4.78, 5) is 19.1. The Hall–Kier alpha value is -3.30. The molecule has 2 unspecified atom stereocenters. The lowest BCUT2D eigenvalue weighted by atomic mass is 9.92. The van der Waals surface area contributed by atoms with Gasteiger partial charge in [-0.25, -0.2) is 0 Å². The molecule has 3 aromatic rings. The number of para-hydroxylation sites is 1. The quantitative estimate of drug-likeness (QED) is 0.122. The molecule has 0 bridgehead atoms. The second kappa shape index (κ2) is 16.7. The molecule has 2 aliphatic carbocycles. The van der Waals surface area contributed by atoms with E-state index in [9.17, 15) is 15.0 Å². The molecule has 1 heterocycles. The minimum Gasteiger partial charge on any atom is -0.490 e.